The van der Waals surface area contributed by atoms with Gasteiger partial charge in [-0.2, -0.15) is 0 Å². The van der Waals surface area contributed by atoms with Crippen molar-refractivity contribution in [3.63, 3.8) is 0 Å². The van der Waals surface area contributed by atoms with E-state index in [1.165, 1.54) is 16.8 Å². The molecule has 0 bridgehead atoms. The number of anilines is 1. The van der Waals surface area contributed by atoms with Gasteiger partial charge >= 0.3 is 0 Å². The van der Waals surface area contributed by atoms with E-state index in [1.54, 1.807) is 0 Å². The lowest BCUT2D eigenvalue weighted by molar-refractivity contribution is 0.250. The molecule has 0 unspecified atom stereocenters. The second-order valence-electron chi connectivity index (χ2n) is 5.58. The molecule has 1 fully saturated rings. The van der Waals surface area contributed by atoms with Gasteiger partial charge in [-0.1, -0.05) is 54.9 Å². The van der Waals surface area contributed by atoms with Gasteiger partial charge in [-0.3, -0.25) is 4.90 Å². The van der Waals surface area contributed by atoms with Gasteiger partial charge in [0.05, 0.1) is 7.85 Å². The predicted octanol–water partition coefficient (Wildman–Crippen LogP) is 2.68. The molecule has 2 radical (unpaired) electrons. The van der Waals surface area contributed by atoms with Crippen molar-refractivity contribution in [2.24, 2.45) is 0 Å². The molecule has 21 heavy (non-hydrogen) atoms. The third-order valence-corrected chi connectivity index (χ3v) is 4.17. The lowest BCUT2D eigenvalue weighted by Crippen LogP contribution is -2.46. The van der Waals surface area contributed by atoms with Gasteiger partial charge in [0.2, 0.25) is 0 Å². The Morgan fingerprint density at radius 2 is 1.48 bits per heavy atom. The minimum atomic E-state index is 0.612. The summed E-state index contributed by atoms with van der Waals surface area (Å²) >= 11 is 0. The average molecular weight is 276 g/mol. The molecule has 3 heteroatoms. The van der Waals surface area contributed by atoms with Crippen molar-refractivity contribution in [2.45, 2.75) is 12.9 Å². The van der Waals surface area contributed by atoms with Crippen LogP contribution < -0.4 is 4.90 Å². The molecule has 0 spiro atoms. The highest BCUT2D eigenvalue weighted by Crippen LogP contribution is 2.22. The van der Waals surface area contributed by atoms with Crippen molar-refractivity contribution in [3.05, 3.63) is 65.7 Å². The Hall–Kier alpha value is -1.74. The Balaban J connectivity index is 1.60. The molecule has 2 aromatic rings. The van der Waals surface area contributed by atoms with Crippen LogP contribution in [0.1, 0.15) is 11.1 Å². The summed E-state index contributed by atoms with van der Waals surface area (Å²) in [7, 11) is 5.85. The molecule has 0 amide bonds. The second kappa shape index (κ2) is 6.81. The fourth-order valence-electron chi connectivity index (χ4n) is 2.98. The number of nitrogens with zero attached hydrogens (tertiary/aromatic N) is 2. The summed E-state index contributed by atoms with van der Waals surface area (Å²) in [6, 6.07) is 19.2. The monoisotopic (exact) mass is 276 g/mol. The van der Waals surface area contributed by atoms with Crippen molar-refractivity contribution < 1.29 is 0 Å². The molecule has 3 rings (SSSR count). The lowest BCUT2D eigenvalue weighted by Gasteiger charge is -2.37. The maximum absolute atomic E-state index is 5.85. The Morgan fingerprint density at radius 3 is 2.19 bits per heavy atom. The Morgan fingerprint density at radius 1 is 0.810 bits per heavy atom. The third kappa shape index (κ3) is 3.48. The molecule has 0 N–H and O–H groups in total. The first kappa shape index (κ1) is 14.2. The topological polar surface area (TPSA) is 6.48 Å². The molecule has 0 aliphatic carbocycles. The molecule has 1 heterocycles. The number of para-hydroxylation sites is 1. The number of benzene rings is 2. The van der Waals surface area contributed by atoms with E-state index in [2.05, 4.69) is 64.4 Å². The summed E-state index contributed by atoms with van der Waals surface area (Å²) in [5.41, 5.74) is 3.95. The molecular weight excluding hydrogens is 255 g/mol. The first-order valence-electron chi connectivity index (χ1n) is 7.66. The fraction of sp³-hybridized carbons (Fsp3) is 0.333. The van der Waals surface area contributed by atoms with Gasteiger partial charge in [0.15, 0.2) is 0 Å². The van der Waals surface area contributed by atoms with Crippen LogP contribution in [0.15, 0.2) is 54.6 Å². The smallest absolute Gasteiger partial charge is 0.0717 e. The molecule has 0 aromatic heterocycles. The van der Waals surface area contributed by atoms with Gasteiger partial charge in [0.25, 0.3) is 0 Å². The summed E-state index contributed by atoms with van der Waals surface area (Å²) in [6.45, 7) is 5.41. The molecule has 106 valence electrons. The van der Waals surface area contributed by atoms with Crippen molar-refractivity contribution in [3.8, 4) is 0 Å². The zero-order valence-corrected chi connectivity index (χ0v) is 12.4. The largest absolute Gasteiger partial charge is 0.369 e. The maximum atomic E-state index is 5.85. The van der Waals surface area contributed by atoms with E-state index in [1.807, 2.05) is 0 Å². The van der Waals surface area contributed by atoms with Gasteiger partial charge < -0.3 is 4.90 Å². The minimum absolute atomic E-state index is 0.612. The summed E-state index contributed by atoms with van der Waals surface area (Å²) in [4.78, 5) is 4.99. The normalized spacial score (nSPS) is 16.1. The van der Waals surface area contributed by atoms with Gasteiger partial charge in [-0.05, 0) is 17.2 Å². The summed E-state index contributed by atoms with van der Waals surface area (Å²) in [5, 5.41) is 0. The van der Waals surface area contributed by atoms with E-state index in [4.69, 9.17) is 7.85 Å². The van der Waals surface area contributed by atoms with E-state index in [9.17, 15) is 0 Å². The SMILES string of the molecule is [B]Cc1ccccc1N1CCN(Cc2ccccc2)CC1. The highest BCUT2D eigenvalue weighted by Gasteiger charge is 2.18. The standard InChI is InChI=1S/C18H21BN2/c19-14-17-8-4-5-9-18(17)21-12-10-20(11-13-21)15-16-6-2-1-3-7-16/h1-9H,10-15H2. The third-order valence-electron chi connectivity index (χ3n) is 4.17. The second-order valence-corrected chi connectivity index (χ2v) is 5.58. The van der Waals surface area contributed by atoms with Crippen molar-refractivity contribution in [2.75, 3.05) is 31.1 Å². The minimum Gasteiger partial charge on any atom is -0.369 e. The first-order valence-corrected chi connectivity index (χ1v) is 7.66. The van der Waals surface area contributed by atoms with Gasteiger partial charge in [-0.15, -0.1) is 0 Å². The van der Waals surface area contributed by atoms with Crippen molar-refractivity contribution in [1.29, 1.82) is 0 Å². The maximum Gasteiger partial charge on any atom is 0.0717 e. The van der Waals surface area contributed by atoms with E-state index < -0.39 is 0 Å². The van der Waals surface area contributed by atoms with Crippen LogP contribution in [0.25, 0.3) is 0 Å². The van der Waals surface area contributed by atoms with E-state index in [0.29, 0.717) is 6.32 Å². The molecule has 1 saturated heterocycles. The van der Waals surface area contributed by atoms with Crippen LogP contribution in [0.5, 0.6) is 0 Å². The van der Waals surface area contributed by atoms with Crippen LogP contribution in [0.3, 0.4) is 0 Å². The first-order chi connectivity index (χ1) is 10.4. The van der Waals surface area contributed by atoms with Crippen LogP contribution in [0.2, 0.25) is 0 Å². The van der Waals surface area contributed by atoms with Crippen LogP contribution in [-0.2, 0) is 12.9 Å². The van der Waals surface area contributed by atoms with Gasteiger partial charge in [0.1, 0.15) is 0 Å². The Bertz CT molecular complexity index is 562. The zero-order chi connectivity index (χ0) is 14.5. The number of rotatable bonds is 4. The van der Waals surface area contributed by atoms with Crippen LogP contribution in [0, 0.1) is 0 Å². The van der Waals surface area contributed by atoms with E-state index >= 15 is 0 Å². The number of hydrogen-bond donors (Lipinski definition) is 0. The Kier molecular flexibility index (Phi) is 4.61. The summed E-state index contributed by atoms with van der Waals surface area (Å²) in [5.74, 6) is 0. The van der Waals surface area contributed by atoms with E-state index in [0.717, 1.165) is 32.7 Å². The number of piperazine rings is 1. The highest BCUT2D eigenvalue weighted by atomic mass is 15.3. The number of hydrogen-bond acceptors (Lipinski definition) is 2. The average Bonchev–Trinajstić information content (AvgIpc) is 2.56. The molecule has 0 atom stereocenters. The molecular formula is C18H21BN2. The quantitative estimate of drug-likeness (QED) is 0.792. The molecule has 1 aliphatic rings. The van der Waals surface area contributed by atoms with Crippen LogP contribution in [-0.4, -0.2) is 38.9 Å². The van der Waals surface area contributed by atoms with Gasteiger partial charge in [0, 0.05) is 38.4 Å². The van der Waals surface area contributed by atoms with Gasteiger partial charge in [-0.25, -0.2) is 0 Å². The van der Waals surface area contributed by atoms with Crippen LogP contribution >= 0.6 is 0 Å². The van der Waals surface area contributed by atoms with Crippen molar-refractivity contribution >= 4 is 13.5 Å². The fourth-order valence-corrected chi connectivity index (χ4v) is 2.98. The zero-order valence-electron chi connectivity index (χ0n) is 12.4. The molecule has 1 aliphatic heterocycles. The molecule has 0 saturated carbocycles. The lowest BCUT2D eigenvalue weighted by atomic mass is 9.95. The van der Waals surface area contributed by atoms with Crippen molar-refractivity contribution in [1.82, 2.24) is 4.90 Å². The predicted molar refractivity (Wildman–Crippen MR) is 89.8 cm³/mol. The summed E-state index contributed by atoms with van der Waals surface area (Å²) < 4.78 is 0. The Labute approximate surface area is 128 Å². The molecule has 2 aromatic carbocycles. The summed E-state index contributed by atoms with van der Waals surface area (Å²) in [6.07, 6.45) is 0.612. The highest BCUT2D eigenvalue weighted by molar-refractivity contribution is 6.08. The molecule has 2 nitrogen and oxygen atoms in total. The van der Waals surface area contributed by atoms with Crippen LogP contribution in [0.4, 0.5) is 5.69 Å². The van der Waals surface area contributed by atoms with E-state index in [-0.39, 0.29) is 0 Å².